The first-order valence-corrected chi connectivity index (χ1v) is 15.1. The van der Waals surface area contributed by atoms with Crippen molar-refractivity contribution in [3.05, 3.63) is 62.9 Å². The number of allylic oxidation sites excluding steroid dienone is 2. The minimum Gasteiger partial charge on any atom is -0.504 e. The van der Waals surface area contributed by atoms with Crippen LogP contribution >= 0.6 is 27.5 Å². The number of carbonyl (C=O) groups excluding carboxylic acids is 4. The van der Waals surface area contributed by atoms with E-state index in [1.54, 1.807) is 19.1 Å². The van der Waals surface area contributed by atoms with Crippen LogP contribution in [0.3, 0.4) is 0 Å². The first-order chi connectivity index (χ1) is 19.9. The molecule has 6 unspecified atom stereocenters. The lowest BCUT2D eigenvalue weighted by Gasteiger charge is -2.49. The second-order valence-electron chi connectivity index (χ2n) is 11.6. The summed E-state index contributed by atoms with van der Waals surface area (Å²) >= 11 is 9.52. The second kappa shape index (κ2) is 10.2. The van der Waals surface area contributed by atoms with Gasteiger partial charge in [-0.15, -0.1) is 0 Å². The second-order valence-corrected chi connectivity index (χ2v) is 13.0. The average molecular weight is 660 g/mol. The Balaban J connectivity index is 1.56. The van der Waals surface area contributed by atoms with E-state index in [1.165, 1.54) is 24.1 Å². The maximum absolute atomic E-state index is 14.4. The van der Waals surface area contributed by atoms with Crippen molar-refractivity contribution in [1.82, 2.24) is 4.90 Å². The molecule has 0 radical (unpaired) electrons. The zero-order valence-corrected chi connectivity index (χ0v) is 25.5. The van der Waals surface area contributed by atoms with E-state index >= 15 is 0 Å². The number of ether oxygens (including phenoxy) is 1. The SMILES string of the molecule is CCCN1C(=O)C2CC=C3C(CC4C(=O)N(c5ccc(F)c(Cl)c5)C(=O)C4(C)C3c3cc(Br)cc(OC)c3O)C2C1=O. The van der Waals surface area contributed by atoms with Crippen LogP contribution in [-0.4, -0.2) is 47.3 Å². The summed E-state index contributed by atoms with van der Waals surface area (Å²) in [6.07, 6.45) is 3.02. The van der Waals surface area contributed by atoms with Gasteiger partial charge in [0.1, 0.15) is 5.82 Å². The van der Waals surface area contributed by atoms with Crippen molar-refractivity contribution < 1.29 is 33.4 Å². The molecule has 0 spiro atoms. The topological polar surface area (TPSA) is 104 Å². The highest BCUT2D eigenvalue weighted by Crippen LogP contribution is 2.65. The summed E-state index contributed by atoms with van der Waals surface area (Å²) in [4.78, 5) is 58.0. The van der Waals surface area contributed by atoms with Gasteiger partial charge in [0, 0.05) is 22.5 Å². The fraction of sp³-hybridized carbons (Fsp3) is 0.419. The molecule has 11 heteroatoms. The molecule has 42 heavy (non-hydrogen) atoms. The van der Waals surface area contributed by atoms with Crippen LogP contribution in [0.4, 0.5) is 10.1 Å². The smallest absolute Gasteiger partial charge is 0.241 e. The number of phenolic OH excluding ortho intramolecular Hbond substituents is 1. The van der Waals surface area contributed by atoms with Gasteiger partial charge in [0.25, 0.3) is 0 Å². The Morgan fingerprint density at radius 3 is 2.52 bits per heavy atom. The van der Waals surface area contributed by atoms with Crippen LogP contribution in [0.2, 0.25) is 5.02 Å². The largest absolute Gasteiger partial charge is 0.504 e. The predicted molar refractivity (Wildman–Crippen MR) is 155 cm³/mol. The summed E-state index contributed by atoms with van der Waals surface area (Å²) in [6.45, 7) is 3.92. The number of carbonyl (C=O) groups is 4. The number of hydrogen-bond acceptors (Lipinski definition) is 6. The van der Waals surface area contributed by atoms with Crippen molar-refractivity contribution in [3.63, 3.8) is 0 Å². The van der Waals surface area contributed by atoms with Gasteiger partial charge in [-0.2, -0.15) is 0 Å². The van der Waals surface area contributed by atoms with Crippen LogP contribution in [-0.2, 0) is 19.2 Å². The number of benzene rings is 2. The third-order valence-corrected chi connectivity index (χ3v) is 10.3. The Labute approximate surface area is 255 Å². The van der Waals surface area contributed by atoms with Crippen molar-refractivity contribution in [1.29, 1.82) is 0 Å². The molecule has 2 aliphatic heterocycles. The van der Waals surface area contributed by atoms with Crippen LogP contribution in [0.25, 0.3) is 0 Å². The average Bonchev–Trinajstić information content (AvgIpc) is 3.31. The van der Waals surface area contributed by atoms with Gasteiger partial charge in [0.05, 0.1) is 41.0 Å². The Morgan fingerprint density at radius 1 is 1.12 bits per heavy atom. The zero-order valence-electron chi connectivity index (χ0n) is 23.2. The van der Waals surface area contributed by atoms with Crippen LogP contribution in [0.5, 0.6) is 11.5 Å². The number of nitrogens with zero attached hydrogens (tertiary/aromatic N) is 2. The van der Waals surface area contributed by atoms with E-state index < -0.39 is 52.6 Å². The van der Waals surface area contributed by atoms with Crippen LogP contribution in [0, 0.1) is 34.9 Å². The van der Waals surface area contributed by atoms with E-state index in [-0.39, 0.29) is 40.4 Å². The van der Waals surface area contributed by atoms with E-state index in [1.807, 2.05) is 13.0 Å². The highest BCUT2D eigenvalue weighted by atomic mass is 79.9. The number of fused-ring (bicyclic) bond motifs is 4. The summed E-state index contributed by atoms with van der Waals surface area (Å²) < 4.78 is 20.0. The summed E-state index contributed by atoms with van der Waals surface area (Å²) in [5.74, 6) is -5.64. The Kier molecular flexibility index (Phi) is 7.00. The van der Waals surface area contributed by atoms with Crippen molar-refractivity contribution >= 4 is 56.8 Å². The highest BCUT2D eigenvalue weighted by Gasteiger charge is 2.68. The van der Waals surface area contributed by atoms with Gasteiger partial charge in [0.15, 0.2) is 11.5 Å². The molecule has 2 aromatic carbocycles. The molecular formula is C31H29BrClFN2O6. The number of amides is 4. The number of aromatic hydroxyl groups is 1. The maximum atomic E-state index is 14.4. The van der Waals surface area contributed by atoms with E-state index in [0.29, 0.717) is 29.4 Å². The summed E-state index contributed by atoms with van der Waals surface area (Å²) in [5.41, 5.74) is -0.140. The number of methoxy groups -OCH3 is 1. The minimum atomic E-state index is -1.38. The van der Waals surface area contributed by atoms with Gasteiger partial charge in [-0.3, -0.25) is 24.1 Å². The summed E-state index contributed by atoms with van der Waals surface area (Å²) in [5, 5.41) is 11.2. The lowest BCUT2D eigenvalue weighted by molar-refractivity contribution is -0.140. The number of hydrogen-bond donors (Lipinski definition) is 1. The normalized spacial score (nSPS) is 30.3. The van der Waals surface area contributed by atoms with Crippen molar-refractivity contribution in [2.75, 3.05) is 18.6 Å². The van der Waals surface area contributed by atoms with Crippen molar-refractivity contribution in [2.45, 2.75) is 39.0 Å². The van der Waals surface area contributed by atoms with Crippen LogP contribution in [0.15, 0.2) is 46.5 Å². The monoisotopic (exact) mass is 658 g/mol. The molecule has 4 amide bonds. The first kappa shape index (κ1) is 28.9. The van der Waals surface area contributed by atoms with Crippen molar-refractivity contribution in [3.8, 4) is 11.5 Å². The molecular weight excluding hydrogens is 631 g/mol. The number of halogens is 3. The molecule has 4 aliphatic rings. The van der Waals surface area contributed by atoms with E-state index in [4.69, 9.17) is 16.3 Å². The molecule has 6 atom stereocenters. The molecule has 2 aromatic rings. The van der Waals surface area contributed by atoms with Crippen LogP contribution in [0.1, 0.15) is 44.6 Å². The zero-order chi connectivity index (χ0) is 30.2. The van der Waals surface area contributed by atoms with E-state index in [9.17, 15) is 28.7 Å². The maximum Gasteiger partial charge on any atom is 0.241 e. The summed E-state index contributed by atoms with van der Waals surface area (Å²) in [7, 11) is 1.42. The fourth-order valence-corrected chi connectivity index (χ4v) is 8.34. The molecule has 2 heterocycles. The predicted octanol–water partition coefficient (Wildman–Crippen LogP) is 5.60. The van der Waals surface area contributed by atoms with Crippen LogP contribution < -0.4 is 9.64 Å². The molecule has 1 N–H and O–H groups in total. The first-order valence-electron chi connectivity index (χ1n) is 13.9. The number of phenols is 1. The molecule has 1 saturated carbocycles. The lowest BCUT2D eigenvalue weighted by Crippen LogP contribution is -2.49. The lowest BCUT2D eigenvalue weighted by atomic mass is 9.51. The van der Waals surface area contributed by atoms with Crippen molar-refractivity contribution in [2.24, 2.45) is 29.1 Å². The van der Waals surface area contributed by atoms with Gasteiger partial charge in [0.2, 0.25) is 23.6 Å². The van der Waals surface area contributed by atoms with Gasteiger partial charge in [-0.05, 0) is 62.4 Å². The number of likely N-dealkylation sites (tertiary alicyclic amines) is 1. The van der Waals surface area contributed by atoms with Gasteiger partial charge < -0.3 is 9.84 Å². The standard InChI is InChI=1S/C31H29BrClFN2O6/c1-4-9-35-27(38)17-7-6-16-18(24(17)29(35)40)13-20-28(39)36(15-5-8-22(34)21(33)12-15)30(41)31(20,2)25(16)19-10-14(32)11-23(42-3)26(19)37/h5-6,8,10-12,17-18,20,24-25,37H,4,7,9,13H2,1-3H3. The Morgan fingerprint density at radius 2 is 1.86 bits per heavy atom. The quantitative estimate of drug-likeness (QED) is 0.331. The number of anilines is 1. The van der Waals surface area contributed by atoms with Gasteiger partial charge in [-0.25, -0.2) is 9.29 Å². The van der Waals surface area contributed by atoms with Gasteiger partial charge >= 0.3 is 0 Å². The van der Waals surface area contributed by atoms with E-state index in [2.05, 4.69) is 15.9 Å². The molecule has 0 aromatic heterocycles. The van der Waals surface area contributed by atoms with E-state index in [0.717, 1.165) is 16.5 Å². The third kappa shape index (κ3) is 3.90. The third-order valence-electron chi connectivity index (χ3n) is 9.57. The number of rotatable bonds is 5. The summed E-state index contributed by atoms with van der Waals surface area (Å²) in [6, 6.07) is 6.96. The highest BCUT2D eigenvalue weighted by molar-refractivity contribution is 9.10. The Bertz CT molecular complexity index is 1600. The molecule has 8 nitrogen and oxygen atoms in total. The van der Waals surface area contributed by atoms with Gasteiger partial charge in [-0.1, -0.05) is 46.1 Å². The molecule has 0 bridgehead atoms. The minimum absolute atomic E-state index is 0.137. The Hall–Kier alpha value is -3.24. The molecule has 6 rings (SSSR count). The molecule has 3 fully saturated rings. The fourth-order valence-electron chi connectivity index (χ4n) is 7.71. The molecule has 2 saturated heterocycles. The molecule has 220 valence electrons. The molecule has 2 aliphatic carbocycles. The number of imide groups is 2.